The van der Waals surface area contributed by atoms with Crippen LogP contribution in [0.25, 0.3) is 0 Å². The molecule has 0 aromatic carbocycles. The molecular weight excluding hydrogens is 280 g/mol. The van der Waals surface area contributed by atoms with Gasteiger partial charge in [-0.1, -0.05) is 10.3 Å². The summed E-state index contributed by atoms with van der Waals surface area (Å²) >= 11 is 0. The third-order valence-corrected chi connectivity index (χ3v) is 5.12. The lowest BCUT2D eigenvalue weighted by Crippen LogP contribution is -2.40. The van der Waals surface area contributed by atoms with E-state index in [0.29, 0.717) is 36.0 Å². The van der Waals surface area contributed by atoms with Crippen LogP contribution in [0, 0.1) is 18.8 Å². The number of amides is 1. The quantitative estimate of drug-likeness (QED) is 0.863. The molecule has 0 saturated carbocycles. The predicted octanol–water partition coefficient (Wildman–Crippen LogP) is 0.551. The summed E-state index contributed by atoms with van der Waals surface area (Å²) < 4.78 is 4.67. The van der Waals surface area contributed by atoms with Gasteiger partial charge in [0.15, 0.2) is 0 Å². The van der Waals surface area contributed by atoms with Crippen LogP contribution >= 0.6 is 12.4 Å². The lowest BCUT2D eigenvalue weighted by molar-refractivity contribution is -0.132. The summed E-state index contributed by atoms with van der Waals surface area (Å²) in [4.78, 5) is 14.7. The lowest BCUT2D eigenvalue weighted by atomic mass is 9.82. The zero-order chi connectivity index (χ0) is 13.0. The second-order valence-corrected chi connectivity index (χ2v) is 5.97. The van der Waals surface area contributed by atoms with Gasteiger partial charge in [-0.3, -0.25) is 4.79 Å². The maximum atomic E-state index is 12.6. The van der Waals surface area contributed by atoms with Crippen molar-refractivity contribution in [2.24, 2.45) is 11.8 Å². The highest BCUT2D eigenvalue weighted by atomic mass is 35.5. The monoisotopic (exact) mass is 298 g/mol. The normalized spacial score (nSPS) is 34.1. The summed E-state index contributed by atoms with van der Waals surface area (Å²) in [6, 6.07) is 0.885. The number of halogens is 1. The molecule has 4 atom stereocenters. The standard InChI is InChI=1S/C13H18N4O2.ClH/c1-7-10(16-19-15-7)4-13(18)17-11-2-3-12(17)9-6-14-5-8(9)11;/h8-9,11-12,14H,2-6H2,1H3;1H/t8-,9+,11-,12+;. The highest BCUT2D eigenvalue weighted by Gasteiger charge is 2.56. The van der Waals surface area contributed by atoms with Crippen molar-refractivity contribution < 1.29 is 9.42 Å². The number of carbonyl (C=O) groups is 1. The molecule has 3 aliphatic rings. The maximum Gasteiger partial charge on any atom is 0.229 e. The van der Waals surface area contributed by atoms with E-state index in [4.69, 9.17) is 0 Å². The van der Waals surface area contributed by atoms with Crippen LogP contribution in [0.2, 0.25) is 0 Å². The first kappa shape index (κ1) is 13.8. The molecule has 1 aromatic heterocycles. The largest absolute Gasteiger partial charge is 0.336 e. The van der Waals surface area contributed by atoms with Crippen molar-refractivity contribution >= 4 is 18.3 Å². The van der Waals surface area contributed by atoms with E-state index in [1.165, 1.54) is 0 Å². The molecule has 0 spiro atoms. The molecule has 1 N–H and O–H groups in total. The average Bonchev–Trinajstić information content (AvgIpc) is 3.10. The van der Waals surface area contributed by atoms with E-state index in [9.17, 15) is 4.79 Å². The fourth-order valence-electron chi connectivity index (χ4n) is 4.28. The van der Waals surface area contributed by atoms with Crippen LogP contribution in [0.1, 0.15) is 24.2 Å². The first-order chi connectivity index (χ1) is 9.25. The molecule has 3 aliphatic heterocycles. The number of nitrogens with zero attached hydrogens (tertiary/aromatic N) is 3. The second-order valence-electron chi connectivity index (χ2n) is 5.97. The topological polar surface area (TPSA) is 71.3 Å². The van der Waals surface area contributed by atoms with Gasteiger partial charge in [-0.05, 0) is 31.6 Å². The maximum absolute atomic E-state index is 12.6. The van der Waals surface area contributed by atoms with E-state index in [0.717, 1.165) is 31.6 Å². The number of hydrogen-bond donors (Lipinski definition) is 1. The fraction of sp³-hybridized carbons (Fsp3) is 0.769. The molecule has 110 valence electrons. The van der Waals surface area contributed by atoms with Gasteiger partial charge < -0.3 is 10.2 Å². The molecule has 1 amide bonds. The SMILES string of the molecule is Cc1nonc1CC(=O)N1[C@@H]2CC[C@H]1[C@H]1CNC[C@H]12.Cl. The summed E-state index contributed by atoms with van der Waals surface area (Å²) in [5.41, 5.74) is 1.40. The lowest BCUT2D eigenvalue weighted by Gasteiger charge is -2.24. The molecule has 4 rings (SSSR count). The fourth-order valence-corrected chi connectivity index (χ4v) is 4.28. The molecule has 0 aliphatic carbocycles. The van der Waals surface area contributed by atoms with Gasteiger partial charge in [0.1, 0.15) is 11.4 Å². The number of fused-ring (bicyclic) bond motifs is 5. The Bertz CT molecular complexity index is 502. The van der Waals surface area contributed by atoms with Gasteiger partial charge in [0, 0.05) is 25.2 Å². The minimum Gasteiger partial charge on any atom is -0.336 e. The van der Waals surface area contributed by atoms with Crippen molar-refractivity contribution in [3.05, 3.63) is 11.4 Å². The Labute approximate surface area is 123 Å². The van der Waals surface area contributed by atoms with E-state index in [1.807, 2.05) is 6.92 Å². The van der Waals surface area contributed by atoms with Crippen molar-refractivity contribution in [3.63, 3.8) is 0 Å². The van der Waals surface area contributed by atoms with Crippen LogP contribution in [-0.4, -0.2) is 46.3 Å². The highest BCUT2D eigenvalue weighted by Crippen LogP contribution is 2.47. The number of aryl methyl sites for hydroxylation is 1. The van der Waals surface area contributed by atoms with Gasteiger partial charge in [0.2, 0.25) is 5.91 Å². The molecule has 1 aromatic rings. The summed E-state index contributed by atoms with van der Waals surface area (Å²) in [6.45, 7) is 3.97. The summed E-state index contributed by atoms with van der Waals surface area (Å²) in [5.74, 6) is 1.53. The Hall–Kier alpha value is -1.14. The van der Waals surface area contributed by atoms with Gasteiger partial charge in [-0.15, -0.1) is 12.4 Å². The minimum absolute atomic E-state index is 0. The van der Waals surface area contributed by atoms with Gasteiger partial charge in [-0.2, -0.15) is 0 Å². The number of carbonyl (C=O) groups excluding carboxylic acids is 1. The summed E-state index contributed by atoms with van der Waals surface area (Å²) in [7, 11) is 0. The smallest absolute Gasteiger partial charge is 0.229 e. The Morgan fingerprint density at radius 1 is 1.30 bits per heavy atom. The first-order valence-corrected chi connectivity index (χ1v) is 7.05. The van der Waals surface area contributed by atoms with Crippen LogP contribution < -0.4 is 5.32 Å². The molecule has 4 heterocycles. The molecular formula is C13H19ClN4O2. The Balaban J connectivity index is 0.00000121. The van der Waals surface area contributed by atoms with Crippen LogP contribution in [-0.2, 0) is 11.2 Å². The molecule has 2 bridgehead atoms. The summed E-state index contributed by atoms with van der Waals surface area (Å²) in [6.07, 6.45) is 2.65. The van der Waals surface area contributed by atoms with E-state index in [2.05, 4.69) is 25.2 Å². The number of rotatable bonds is 2. The van der Waals surface area contributed by atoms with E-state index in [1.54, 1.807) is 0 Å². The Morgan fingerprint density at radius 2 is 1.95 bits per heavy atom. The molecule has 6 nitrogen and oxygen atoms in total. The van der Waals surface area contributed by atoms with Gasteiger partial charge in [0.05, 0.1) is 6.42 Å². The molecule has 7 heteroatoms. The molecule has 0 radical (unpaired) electrons. The van der Waals surface area contributed by atoms with Crippen LogP contribution in [0.3, 0.4) is 0 Å². The van der Waals surface area contributed by atoms with Crippen molar-refractivity contribution in [2.45, 2.75) is 38.3 Å². The van der Waals surface area contributed by atoms with E-state index in [-0.39, 0.29) is 18.3 Å². The number of aromatic nitrogens is 2. The highest BCUT2D eigenvalue weighted by molar-refractivity contribution is 5.85. The van der Waals surface area contributed by atoms with E-state index >= 15 is 0 Å². The predicted molar refractivity (Wildman–Crippen MR) is 73.5 cm³/mol. The molecule has 20 heavy (non-hydrogen) atoms. The third kappa shape index (κ3) is 1.85. The van der Waals surface area contributed by atoms with Crippen molar-refractivity contribution in [1.29, 1.82) is 0 Å². The van der Waals surface area contributed by atoms with Crippen molar-refractivity contribution in [2.75, 3.05) is 13.1 Å². The van der Waals surface area contributed by atoms with Crippen LogP contribution in [0.5, 0.6) is 0 Å². The Kier molecular flexibility index (Phi) is 3.46. The van der Waals surface area contributed by atoms with Crippen LogP contribution in [0.15, 0.2) is 4.63 Å². The summed E-state index contributed by atoms with van der Waals surface area (Å²) in [5, 5.41) is 11.0. The molecule has 0 unspecified atom stereocenters. The first-order valence-electron chi connectivity index (χ1n) is 7.05. The van der Waals surface area contributed by atoms with Gasteiger partial charge >= 0.3 is 0 Å². The number of nitrogens with one attached hydrogen (secondary N) is 1. The minimum atomic E-state index is 0. The van der Waals surface area contributed by atoms with Gasteiger partial charge in [0.25, 0.3) is 0 Å². The van der Waals surface area contributed by atoms with Crippen molar-refractivity contribution in [1.82, 2.24) is 20.5 Å². The Morgan fingerprint density at radius 3 is 2.50 bits per heavy atom. The van der Waals surface area contributed by atoms with Gasteiger partial charge in [-0.25, -0.2) is 4.63 Å². The zero-order valence-electron chi connectivity index (χ0n) is 11.4. The number of hydrogen-bond acceptors (Lipinski definition) is 5. The molecule has 3 fully saturated rings. The zero-order valence-corrected chi connectivity index (χ0v) is 12.2. The van der Waals surface area contributed by atoms with Crippen molar-refractivity contribution in [3.8, 4) is 0 Å². The average molecular weight is 299 g/mol. The third-order valence-electron chi connectivity index (χ3n) is 5.12. The van der Waals surface area contributed by atoms with Crippen LogP contribution in [0.4, 0.5) is 0 Å². The molecule has 3 saturated heterocycles. The second kappa shape index (κ2) is 5.00. The van der Waals surface area contributed by atoms with E-state index < -0.39 is 0 Å².